The lowest BCUT2D eigenvalue weighted by atomic mass is 10.1. The van der Waals surface area contributed by atoms with Gasteiger partial charge in [0.15, 0.2) is 11.5 Å². The largest absolute Gasteiger partial charge is 0.486 e. The van der Waals surface area contributed by atoms with Crippen LogP contribution in [0.5, 0.6) is 11.5 Å². The number of carbonyl (C=O) groups is 1. The van der Waals surface area contributed by atoms with Crippen LogP contribution in [-0.2, 0) is 11.2 Å². The second-order valence-electron chi connectivity index (χ2n) is 4.76. The highest BCUT2D eigenvalue weighted by molar-refractivity contribution is 5.76. The maximum atomic E-state index is 11.4. The van der Waals surface area contributed by atoms with E-state index in [0.717, 1.165) is 23.5 Å². The van der Waals surface area contributed by atoms with Crippen molar-refractivity contribution in [3.63, 3.8) is 0 Å². The monoisotopic (exact) mass is 264 g/mol. The summed E-state index contributed by atoms with van der Waals surface area (Å²) >= 11 is 0. The van der Waals surface area contributed by atoms with E-state index in [0.29, 0.717) is 26.2 Å². The van der Waals surface area contributed by atoms with Gasteiger partial charge in [0.05, 0.1) is 0 Å². The summed E-state index contributed by atoms with van der Waals surface area (Å²) in [7, 11) is 0. The number of nitrogens with two attached hydrogens (primary N) is 1. The SMILES string of the molecule is CC(N)CC(=O)NCCc1ccc2c(c1)OCCO2. The Balaban J connectivity index is 1.81. The van der Waals surface area contributed by atoms with Crippen LogP contribution >= 0.6 is 0 Å². The molecule has 2 rings (SSSR count). The van der Waals surface area contributed by atoms with Crippen LogP contribution in [0.2, 0.25) is 0 Å². The van der Waals surface area contributed by atoms with Gasteiger partial charge in [0.2, 0.25) is 5.91 Å². The first-order valence-electron chi connectivity index (χ1n) is 6.56. The van der Waals surface area contributed by atoms with Gasteiger partial charge in [0.1, 0.15) is 13.2 Å². The number of benzene rings is 1. The van der Waals surface area contributed by atoms with Gasteiger partial charge in [0.25, 0.3) is 0 Å². The Morgan fingerprint density at radius 1 is 1.37 bits per heavy atom. The van der Waals surface area contributed by atoms with E-state index in [9.17, 15) is 4.79 Å². The van der Waals surface area contributed by atoms with Crippen LogP contribution in [0.4, 0.5) is 0 Å². The lowest BCUT2D eigenvalue weighted by Gasteiger charge is -2.18. The molecule has 0 aliphatic carbocycles. The standard InChI is InChI=1S/C14H20N2O3/c1-10(15)8-14(17)16-5-4-11-2-3-12-13(9-11)19-7-6-18-12/h2-3,9-10H,4-8,15H2,1H3,(H,16,17). The Kier molecular flexibility index (Phi) is 4.63. The molecule has 0 fully saturated rings. The lowest BCUT2D eigenvalue weighted by Crippen LogP contribution is -2.31. The predicted molar refractivity (Wildman–Crippen MR) is 72.4 cm³/mol. The third-order valence-corrected chi connectivity index (χ3v) is 2.85. The molecule has 0 saturated heterocycles. The van der Waals surface area contributed by atoms with Gasteiger partial charge in [-0.05, 0) is 31.0 Å². The van der Waals surface area contributed by atoms with Gasteiger partial charge in [-0.3, -0.25) is 4.79 Å². The highest BCUT2D eigenvalue weighted by Gasteiger charge is 2.11. The van der Waals surface area contributed by atoms with Crippen molar-refractivity contribution in [1.82, 2.24) is 5.32 Å². The summed E-state index contributed by atoms with van der Waals surface area (Å²) in [6.07, 6.45) is 1.13. The van der Waals surface area contributed by atoms with E-state index in [2.05, 4.69) is 5.32 Å². The summed E-state index contributed by atoms with van der Waals surface area (Å²) in [5, 5.41) is 2.85. The molecule has 0 aromatic heterocycles. The third kappa shape index (κ3) is 4.13. The lowest BCUT2D eigenvalue weighted by molar-refractivity contribution is -0.121. The summed E-state index contributed by atoms with van der Waals surface area (Å²) in [6, 6.07) is 5.76. The Hall–Kier alpha value is -1.75. The molecule has 19 heavy (non-hydrogen) atoms. The number of hydrogen-bond donors (Lipinski definition) is 2. The normalized spacial score (nSPS) is 14.8. The number of carbonyl (C=O) groups excluding carboxylic acids is 1. The molecule has 5 heteroatoms. The highest BCUT2D eigenvalue weighted by Crippen LogP contribution is 2.30. The zero-order valence-electron chi connectivity index (χ0n) is 11.1. The molecule has 1 aliphatic rings. The molecule has 1 aromatic carbocycles. The molecule has 1 amide bonds. The van der Waals surface area contributed by atoms with Gasteiger partial charge < -0.3 is 20.5 Å². The van der Waals surface area contributed by atoms with Crippen molar-refractivity contribution in [2.24, 2.45) is 5.73 Å². The number of ether oxygens (including phenoxy) is 2. The van der Waals surface area contributed by atoms with Crippen molar-refractivity contribution >= 4 is 5.91 Å². The molecule has 0 spiro atoms. The van der Waals surface area contributed by atoms with Crippen LogP contribution in [0, 0.1) is 0 Å². The molecule has 104 valence electrons. The van der Waals surface area contributed by atoms with Gasteiger partial charge in [-0.25, -0.2) is 0 Å². The average Bonchev–Trinajstić information content (AvgIpc) is 2.37. The topological polar surface area (TPSA) is 73.6 Å². The summed E-state index contributed by atoms with van der Waals surface area (Å²) in [4.78, 5) is 11.4. The van der Waals surface area contributed by atoms with Crippen LogP contribution < -0.4 is 20.5 Å². The molecule has 1 atom stereocenters. The fourth-order valence-electron chi connectivity index (χ4n) is 1.95. The van der Waals surface area contributed by atoms with Crippen LogP contribution in [0.25, 0.3) is 0 Å². The van der Waals surface area contributed by atoms with E-state index < -0.39 is 0 Å². The van der Waals surface area contributed by atoms with Crippen LogP contribution in [-0.4, -0.2) is 31.7 Å². The van der Waals surface area contributed by atoms with Crippen molar-refractivity contribution in [1.29, 1.82) is 0 Å². The smallest absolute Gasteiger partial charge is 0.221 e. The van der Waals surface area contributed by atoms with Crippen molar-refractivity contribution in [2.45, 2.75) is 25.8 Å². The van der Waals surface area contributed by atoms with E-state index >= 15 is 0 Å². The van der Waals surface area contributed by atoms with Gasteiger partial charge in [-0.1, -0.05) is 6.07 Å². The number of nitrogens with one attached hydrogen (secondary N) is 1. The van der Waals surface area contributed by atoms with Crippen LogP contribution in [0.15, 0.2) is 18.2 Å². The van der Waals surface area contributed by atoms with Crippen molar-refractivity contribution in [2.75, 3.05) is 19.8 Å². The molecule has 1 unspecified atom stereocenters. The molecule has 1 heterocycles. The fourth-order valence-corrected chi connectivity index (χ4v) is 1.95. The maximum Gasteiger partial charge on any atom is 0.221 e. The van der Waals surface area contributed by atoms with E-state index in [1.807, 2.05) is 25.1 Å². The second-order valence-corrected chi connectivity index (χ2v) is 4.76. The Morgan fingerprint density at radius 3 is 2.84 bits per heavy atom. The molecule has 1 aliphatic heterocycles. The van der Waals surface area contributed by atoms with Crippen molar-refractivity contribution < 1.29 is 14.3 Å². The summed E-state index contributed by atoms with van der Waals surface area (Å²) in [5.41, 5.74) is 6.68. The first-order chi connectivity index (χ1) is 9.15. The highest BCUT2D eigenvalue weighted by atomic mass is 16.6. The Morgan fingerprint density at radius 2 is 2.11 bits per heavy atom. The van der Waals surface area contributed by atoms with Gasteiger partial charge in [-0.2, -0.15) is 0 Å². The number of fused-ring (bicyclic) bond motifs is 1. The van der Waals surface area contributed by atoms with Crippen molar-refractivity contribution in [3.8, 4) is 11.5 Å². The predicted octanol–water partition coefficient (Wildman–Crippen LogP) is 0.854. The van der Waals surface area contributed by atoms with Crippen LogP contribution in [0.1, 0.15) is 18.9 Å². The molecule has 0 radical (unpaired) electrons. The van der Waals surface area contributed by atoms with Gasteiger partial charge in [-0.15, -0.1) is 0 Å². The van der Waals surface area contributed by atoms with Crippen molar-refractivity contribution in [3.05, 3.63) is 23.8 Å². The summed E-state index contributed by atoms with van der Waals surface area (Å²) in [5.74, 6) is 1.56. The zero-order chi connectivity index (χ0) is 13.7. The van der Waals surface area contributed by atoms with Gasteiger partial charge in [0, 0.05) is 19.0 Å². The fraction of sp³-hybridized carbons (Fsp3) is 0.500. The third-order valence-electron chi connectivity index (χ3n) is 2.85. The van der Waals surface area contributed by atoms with Gasteiger partial charge >= 0.3 is 0 Å². The maximum absolute atomic E-state index is 11.4. The molecule has 0 saturated carbocycles. The minimum atomic E-state index is -0.103. The number of rotatable bonds is 5. The molecule has 1 aromatic rings. The van der Waals surface area contributed by atoms with E-state index in [1.165, 1.54) is 0 Å². The minimum Gasteiger partial charge on any atom is -0.486 e. The molecule has 3 N–H and O–H groups in total. The molecule has 0 bridgehead atoms. The number of amides is 1. The number of hydrogen-bond acceptors (Lipinski definition) is 4. The summed E-state index contributed by atoms with van der Waals surface area (Å²) in [6.45, 7) is 3.60. The minimum absolute atomic E-state index is 0.00690. The quantitative estimate of drug-likeness (QED) is 0.827. The van der Waals surface area contributed by atoms with E-state index in [-0.39, 0.29) is 11.9 Å². The average molecular weight is 264 g/mol. The van der Waals surface area contributed by atoms with Crippen LogP contribution in [0.3, 0.4) is 0 Å². The first kappa shape index (κ1) is 13.7. The zero-order valence-corrected chi connectivity index (χ0v) is 11.1. The Bertz CT molecular complexity index is 446. The summed E-state index contributed by atoms with van der Waals surface area (Å²) < 4.78 is 11.0. The molecular weight excluding hydrogens is 244 g/mol. The van der Waals surface area contributed by atoms with E-state index in [4.69, 9.17) is 15.2 Å². The molecular formula is C14H20N2O3. The second kappa shape index (κ2) is 6.43. The molecule has 5 nitrogen and oxygen atoms in total. The first-order valence-corrected chi connectivity index (χ1v) is 6.56. The van der Waals surface area contributed by atoms with E-state index in [1.54, 1.807) is 0 Å². The Labute approximate surface area is 113 Å².